The standard InChI is InChI=1S/C10H13ClN2O2/c1-2-13(7-6-11)10(15)8-4-3-5-9(14)12-8/h3-5H,2,6-7H2,1H3,(H,12,14). The van der Waals surface area contributed by atoms with Gasteiger partial charge in [0.2, 0.25) is 5.56 Å². The molecular weight excluding hydrogens is 216 g/mol. The number of H-pyrrole nitrogens is 1. The molecule has 0 aliphatic rings. The minimum absolute atomic E-state index is 0.198. The molecule has 82 valence electrons. The number of hydrogen-bond donors (Lipinski definition) is 1. The van der Waals surface area contributed by atoms with Crippen LogP contribution >= 0.6 is 11.6 Å². The van der Waals surface area contributed by atoms with Crippen LogP contribution in [0.3, 0.4) is 0 Å². The normalized spacial score (nSPS) is 10.0. The number of nitrogens with zero attached hydrogens (tertiary/aromatic N) is 1. The van der Waals surface area contributed by atoms with Crippen molar-refractivity contribution in [3.8, 4) is 0 Å². The van der Waals surface area contributed by atoms with E-state index in [4.69, 9.17) is 11.6 Å². The number of aromatic nitrogens is 1. The summed E-state index contributed by atoms with van der Waals surface area (Å²) in [6.07, 6.45) is 0. The number of amides is 1. The number of nitrogens with one attached hydrogen (secondary N) is 1. The van der Waals surface area contributed by atoms with Gasteiger partial charge in [0.25, 0.3) is 5.91 Å². The topological polar surface area (TPSA) is 53.2 Å². The highest BCUT2D eigenvalue weighted by molar-refractivity contribution is 6.18. The summed E-state index contributed by atoms with van der Waals surface area (Å²) in [5, 5.41) is 0. The van der Waals surface area contributed by atoms with Gasteiger partial charge < -0.3 is 9.88 Å². The number of aromatic amines is 1. The first kappa shape index (κ1) is 11.8. The van der Waals surface area contributed by atoms with Gasteiger partial charge >= 0.3 is 0 Å². The van der Waals surface area contributed by atoms with Gasteiger partial charge in [-0.3, -0.25) is 9.59 Å². The number of rotatable bonds is 4. The van der Waals surface area contributed by atoms with E-state index >= 15 is 0 Å². The van der Waals surface area contributed by atoms with Gasteiger partial charge in [-0.2, -0.15) is 0 Å². The van der Waals surface area contributed by atoms with Gasteiger partial charge in [0.1, 0.15) is 5.69 Å². The lowest BCUT2D eigenvalue weighted by atomic mass is 10.3. The van der Waals surface area contributed by atoms with Crippen molar-refractivity contribution in [3.05, 3.63) is 34.2 Å². The summed E-state index contributed by atoms with van der Waals surface area (Å²) < 4.78 is 0. The van der Waals surface area contributed by atoms with Crippen LogP contribution in [0.15, 0.2) is 23.0 Å². The molecule has 5 heteroatoms. The number of hydrogen-bond acceptors (Lipinski definition) is 2. The van der Waals surface area contributed by atoms with Gasteiger partial charge in [-0.15, -0.1) is 11.6 Å². The van der Waals surface area contributed by atoms with E-state index in [9.17, 15) is 9.59 Å². The van der Waals surface area contributed by atoms with Gasteiger partial charge in [0.15, 0.2) is 0 Å². The molecule has 1 rings (SSSR count). The summed E-state index contributed by atoms with van der Waals surface area (Å²) >= 11 is 5.57. The molecule has 4 nitrogen and oxygen atoms in total. The molecule has 1 N–H and O–H groups in total. The number of halogens is 1. The van der Waals surface area contributed by atoms with Crippen molar-refractivity contribution in [1.29, 1.82) is 0 Å². The molecule has 0 aliphatic carbocycles. The van der Waals surface area contributed by atoms with Crippen LogP contribution in [0.5, 0.6) is 0 Å². The fourth-order valence-electron chi connectivity index (χ4n) is 1.25. The smallest absolute Gasteiger partial charge is 0.270 e. The molecule has 0 atom stereocenters. The second-order valence-corrected chi connectivity index (χ2v) is 3.38. The second-order valence-electron chi connectivity index (χ2n) is 3.00. The average Bonchev–Trinajstić information content (AvgIpc) is 2.25. The van der Waals surface area contributed by atoms with E-state index in [-0.39, 0.29) is 11.5 Å². The highest BCUT2D eigenvalue weighted by Gasteiger charge is 2.13. The highest BCUT2D eigenvalue weighted by atomic mass is 35.5. The summed E-state index contributed by atoms with van der Waals surface area (Å²) in [7, 11) is 0. The van der Waals surface area contributed by atoms with Gasteiger partial charge in [-0.1, -0.05) is 6.07 Å². The maximum atomic E-state index is 11.8. The summed E-state index contributed by atoms with van der Waals surface area (Å²) in [5.41, 5.74) is 0.0252. The molecule has 0 saturated carbocycles. The second kappa shape index (κ2) is 5.56. The van der Waals surface area contributed by atoms with Crippen molar-refractivity contribution in [2.75, 3.05) is 19.0 Å². The van der Waals surface area contributed by atoms with Crippen LogP contribution < -0.4 is 5.56 Å². The first-order chi connectivity index (χ1) is 7.19. The zero-order valence-corrected chi connectivity index (χ0v) is 9.25. The van der Waals surface area contributed by atoms with Gasteiger partial charge in [0, 0.05) is 25.0 Å². The Balaban J connectivity index is 2.87. The lowest BCUT2D eigenvalue weighted by Crippen LogP contribution is -2.33. The number of pyridine rings is 1. The third kappa shape index (κ3) is 3.09. The molecule has 1 amide bonds. The monoisotopic (exact) mass is 228 g/mol. The van der Waals surface area contributed by atoms with Crippen molar-refractivity contribution in [1.82, 2.24) is 9.88 Å². The Morgan fingerprint density at radius 2 is 2.27 bits per heavy atom. The number of alkyl halides is 1. The van der Waals surface area contributed by atoms with Crippen LogP contribution in [0.4, 0.5) is 0 Å². The van der Waals surface area contributed by atoms with Crippen molar-refractivity contribution < 1.29 is 4.79 Å². The third-order valence-electron chi connectivity index (χ3n) is 2.02. The molecule has 1 aromatic rings. The Kier molecular flexibility index (Phi) is 4.37. The van der Waals surface area contributed by atoms with E-state index in [2.05, 4.69) is 4.98 Å². The van der Waals surface area contributed by atoms with Crippen LogP contribution in [0.1, 0.15) is 17.4 Å². The van der Waals surface area contributed by atoms with E-state index in [1.165, 1.54) is 6.07 Å². The Hall–Kier alpha value is -1.29. The van der Waals surface area contributed by atoms with Crippen molar-refractivity contribution in [3.63, 3.8) is 0 Å². The summed E-state index contributed by atoms with van der Waals surface area (Å²) in [5.74, 6) is 0.187. The maximum absolute atomic E-state index is 11.8. The van der Waals surface area contributed by atoms with Crippen LogP contribution in [0.25, 0.3) is 0 Å². The molecule has 0 radical (unpaired) electrons. The maximum Gasteiger partial charge on any atom is 0.270 e. The van der Waals surface area contributed by atoms with Gasteiger partial charge in [-0.25, -0.2) is 0 Å². The minimum atomic E-state index is -0.275. The first-order valence-corrected chi connectivity index (χ1v) is 5.27. The summed E-state index contributed by atoms with van der Waals surface area (Å²) in [4.78, 5) is 26.9. The zero-order valence-electron chi connectivity index (χ0n) is 8.50. The SMILES string of the molecule is CCN(CCCl)C(=O)c1cccc(=O)[nH]1. The lowest BCUT2D eigenvalue weighted by Gasteiger charge is -2.18. The van der Waals surface area contributed by atoms with Crippen LogP contribution in [-0.4, -0.2) is 34.8 Å². The molecule has 0 fully saturated rings. The molecule has 1 heterocycles. The van der Waals surface area contributed by atoms with Crippen molar-refractivity contribution >= 4 is 17.5 Å². The molecule has 0 bridgehead atoms. The van der Waals surface area contributed by atoms with Crippen LogP contribution in [0, 0.1) is 0 Å². The van der Waals surface area contributed by atoms with E-state index in [0.29, 0.717) is 24.7 Å². The largest absolute Gasteiger partial charge is 0.336 e. The fraction of sp³-hybridized carbons (Fsp3) is 0.400. The number of carbonyl (C=O) groups is 1. The molecule has 0 aromatic carbocycles. The first-order valence-electron chi connectivity index (χ1n) is 4.73. The van der Waals surface area contributed by atoms with E-state index in [1.807, 2.05) is 6.92 Å². The van der Waals surface area contributed by atoms with Crippen molar-refractivity contribution in [2.24, 2.45) is 0 Å². The molecule has 0 spiro atoms. The highest BCUT2D eigenvalue weighted by Crippen LogP contribution is 1.99. The molecule has 0 saturated heterocycles. The molecule has 15 heavy (non-hydrogen) atoms. The van der Waals surface area contributed by atoms with E-state index < -0.39 is 0 Å². The fourth-order valence-corrected chi connectivity index (χ4v) is 1.45. The summed E-state index contributed by atoms with van der Waals surface area (Å²) in [6.45, 7) is 2.92. The summed E-state index contributed by atoms with van der Waals surface area (Å²) in [6, 6.07) is 4.51. The Morgan fingerprint density at radius 3 is 2.80 bits per heavy atom. The third-order valence-corrected chi connectivity index (χ3v) is 2.19. The molecule has 0 aliphatic heterocycles. The van der Waals surface area contributed by atoms with Crippen LogP contribution in [-0.2, 0) is 0 Å². The molecular formula is C10H13ClN2O2. The Bertz CT molecular complexity index is 389. The van der Waals surface area contributed by atoms with Gasteiger partial charge in [-0.05, 0) is 13.0 Å². The van der Waals surface area contributed by atoms with Crippen LogP contribution in [0.2, 0.25) is 0 Å². The van der Waals surface area contributed by atoms with E-state index in [1.54, 1.807) is 17.0 Å². The molecule has 1 aromatic heterocycles. The van der Waals surface area contributed by atoms with Crippen molar-refractivity contribution in [2.45, 2.75) is 6.92 Å². The Morgan fingerprint density at radius 1 is 1.53 bits per heavy atom. The number of carbonyl (C=O) groups excluding carboxylic acids is 1. The average molecular weight is 229 g/mol. The predicted octanol–water partition coefficient (Wildman–Crippen LogP) is 1.08. The quantitative estimate of drug-likeness (QED) is 0.784. The van der Waals surface area contributed by atoms with E-state index in [0.717, 1.165) is 0 Å². The zero-order chi connectivity index (χ0) is 11.3. The Labute approximate surface area is 92.9 Å². The predicted molar refractivity (Wildman–Crippen MR) is 59.4 cm³/mol. The molecule has 0 unspecified atom stereocenters. The lowest BCUT2D eigenvalue weighted by molar-refractivity contribution is 0.0768. The van der Waals surface area contributed by atoms with Gasteiger partial charge in [0.05, 0.1) is 0 Å². The minimum Gasteiger partial charge on any atom is -0.336 e.